The van der Waals surface area contributed by atoms with Crippen molar-refractivity contribution >= 4 is 18.0 Å². The number of esters is 1. The summed E-state index contributed by atoms with van der Waals surface area (Å²) in [7, 11) is 0. The zero-order valence-corrected chi connectivity index (χ0v) is 27.3. The van der Waals surface area contributed by atoms with Crippen molar-refractivity contribution < 1.29 is 38.9 Å². The van der Waals surface area contributed by atoms with Crippen LogP contribution in [-0.2, 0) is 47.4 Å². The van der Waals surface area contributed by atoms with Gasteiger partial charge in [-0.3, -0.25) is 14.4 Å². The predicted octanol–water partition coefficient (Wildman–Crippen LogP) is 4.24. The molecule has 256 valence electrons. The number of aromatic hydroxyl groups is 1. The topological polar surface area (TPSA) is 127 Å². The third-order valence-corrected chi connectivity index (χ3v) is 10.3. The van der Waals surface area contributed by atoms with Crippen LogP contribution in [0.2, 0.25) is 0 Å². The largest absolute Gasteiger partial charge is 0.508 e. The Morgan fingerprint density at radius 2 is 1.50 bits per heavy atom. The maximum Gasteiger partial charge on any atom is 0.327 e. The Hall–Kier alpha value is -4.84. The number of phenolic OH excluding ortho intramolecular Hbond substituents is 1. The van der Waals surface area contributed by atoms with Crippen LogP contribution in [0.5, 0.6) is 5.75 Å². The second-order valence-electron chi connectivity index (χ2n) is 13.2. The van der Waals surface area contributed by atoms with E-state index in [0.29, 0.717) is 6.42 Å². The van der Waals surface area contributed by atoms with Gasteiger partial charge in [0.05, 0.1) is 13.2 Å². The Morgan fingerprint density at radius 1 is 0.860 bits per heavy atom. The van der Waals surface area contributed by atoms with Crippen molar-refractivity contribution in [1.29, 1.82) is 0 Å². The molecule has 4 aromatic rings. The summed E-state index contributed by atoms with van der Waals surface area (Å²) in [6, 6.07) is 33.1. The smallest absolute Gasteiger partial charge is 0.327 e. The molecule has 2 bridgehead atoms. The monoisotopic (exact) mass is 674 g/mol. The average molecular weight is 675 g/mol. The van der Waals surface area contributed by atoms with E-state index in [4.69, 9.17) is 19.0 Å². The highest BCUT2D eigenvalue weighted by Gasteiger charge is 2.76. The van der Waals surface area contributed by atoms with Gasteiger partial charge in [-0.15, -0.1) is 0 Å². The Balaban J connectivity index is 1.16. The first-order valence-electron chi connectivity index (χ1n) is 17.0. The third-order valence-electron chi connectivity index (χ3n) is 10.3. The van der Waals surface area contributed by atoms with Crippen LogP contribution < -0.4 is 5.32 Å². The lowest BCUT2D eigenvalue weighted by molar-refractivity contribution is -0.213. The van der Waals surface area contributed by atoms with Crippen LogP contribution >= 0.6 is 0 Å². The van der Waals surface area contributed by atoms with Crippen LogP contribution in [0.1, 0.15) is 34.2 Å². The van der Waals surface area contributed by atoms with Crippen molar-refractivity contribution in [3.8, 4) is 5.75 Å². The number of aliphatic hydroxyl groups is 1. The number of nitrogens with one attached hydrogen (secondary N) is 1. The molecular weight excluding hydrogens is 636 g/mol. The number of nitrogens with zero attached hydrogens (tertiary/aromatic N) is 1. The minimum absolute atomic E-state index is 0.0216. The lowest BCUT2D eigenvalue weighted by Crippen LogP contribution is -2.69. The van der Waals surface area contributed by atoms with E-state index in [2.05, 4.69) is 5.32 Å². The standard InChI is InChI=1S/C40H38N2O8/c43-23-22-41-38(46)39-24-32-33-34(49-40(48-33,29-17-3-1-4-18-29)30-19-5-2-6-20-30)36(39)50-42(35(39)37(45)47-32)25-28-14-8-7-12-26(28)15-11-16-27-13-9-10-21-31(27)44/h1-15,17-21,32-36,43-44H,16,22-25H2,(H,41,46)/t32-,33+,34+,35+,36-,39+/m1/s1. The minimum Gasteiger partial charge on any atom is -0.508 e. The quantitative estimate of drug-likeness (QED) is 0.212. The summed E-state index contributed by atoms with van der Waals surface area (Å²) in [5, 5.41) is 24.3. The van der Waals surface area contributed by atoms with Crippen molar-refractivity contribution in [2.75, 3.05) is 13.2 Å². The Morgan fingerprint density at radius 3 is 2.20 bits per heavy atom. The van der Waals surface area contributed by atoms with Gasteiger partial charge in [0.25, 0.3) is 0 Å². The van der Waals surface area contributed by atoms with Crippen molar-refractivity contribution in [1.82, 2.24) is 10.4 Å². The van der Waals surface area contributed by atoms with E-state index < -0.39 is 53.5 Å². The van der Waals surface area contributed by atoms with E-state index in [9.17, 15) is 19.8 Å². The van der Waals surface area contributed by atoms with E-state index in [-0.39, 0.29) is 31.9 Å². The van der Waals surface area contributed by atoms with Crippen LogP contribution in [0.4, 0.5) is 0 Å². The number of para-hydroxylation sites is 1. The lowest BCUT2D eigenvalue weighted by atomic mass is 9.62. The van der Waals surface area contributed by atoms with Crippen LogP contribution in [0.15, 0.2) is 115 Å². The summed E-state index contributed by atoms with van der Waals surface area (Å²) in [6.45, 7) is -0.0611. The number of rotatable bonds is 10. The van der Waals surface area contributed by atoms with Gasteiger partial charge in [0, 0.05) is 24.1 Å². The highest BCUT2D eigenvalue weighted by molar-refractivity contribution is 5.93. The van der Waals surface area contributed by atoms with E-state index in [0.717, 1.165) is 27.8 Å². The van der Waals surface area contributed by atoms with Gasteiger partial charge in [-0.25, -0.2) is 0 Å². The van der Waals surface area contributed by atoms with Gasteiger partial charge < -0.3 is 29.7 Å². The predicted molar refractivity (Wildman–Crippen MR) is 182 cm³/mol. The van der Waals surface area contributed by atoms with Crippen molar-refractivity contribution in [2.45, 2.75) is 55.6 Å². The molecule has 0 spiro atoms. The third kappa shape index (κ3) is 5.31. The molecule has 3 N–H and O–H groups in total. The molecule has 50 heavy (non-hydrogen) atoms. The molecule has 4 fully saturated rings. The van der Waals surface area contributed by atoms with Crippen LogP contribution in [0.25, 0.3) is 6.08 Å². The van der Waals surface area contributed by atoms with E-state index in [1.807, 2.05) is 109 Å². The zero-order valence-electron chi connectivity index (χ0n) is 27.3. The first-order valence-corrected chi connectivity index (χ1v) is 17.0. The molecule has 8 rings (SSSR count). The Kier molecular flexibility index (Phi) is 8.50. The number of hydrogen-bond donors (Lipinski definition) is 3. The first-order chi connectivity index (χ1) is 24.4. The summed E-state index contributed by atoms with van der Waals surface area (Å²) in [5.41, 5.74) is 2.71. The maximum atomic E-state index is 14.3. The number of carbonyl (C=O) groups excluding carboxylic acids is 2. The van der Waals surface area contributed by atoms with Gasteiger partial charge in [0.2, 0.25) is 11.7 Å². The molecule has 0 aromatic heterocycles. The van der Waals surface area contributed by atoms with Gasteiger partial charge in [-0.2, -0.15) is 5.06 Å². The molecule has 4 aliphatic rings. The molecular formula is C40H38N2O8. The summed E-state index contributed by atoms with van der Waals surface area (Å²) >= 11 is 0. The van der Waals surface area contributed by atoms with Gasteiger partial charge in [-0.05, 0) is 29.2 Å². The fourth-order valence-electron chi connectivity index (χ4n) is 8.03. The van der Waals surface area contributed by atoms with E-state index in [1.165, 1.54) is 0 Å². The summed E-state index contributed by atoms with van der Waals surface area (Å²) in [4.78, 5) is 35.1. The molecule has 1 aliphatic carbocycles. The Bertz CT molecular complexity index is 1860. The number of ether oxygens (including phenoxy) is 3. The Labute approximate surface area is 289 Å². The number of benzene rings is 4. The highest BCUT2D eigenvalue weighted by atomic mass is 16.8. The minimum atomic E-state index is -1.38. The van der Waals surface area contributed by atoms with Crippen LogP contribution in [0, 0.1) is 5.41 Å². The van der Waals surface area contributed by atoms with Crippen LogP contribution in [-0.4, -0.2) is 70.8 Å². The van der Waals surface area contributed by atoms with E-state index in [1.54, 1.807) is 17.2 Å². The summed E-state index contributed by atoms with van der Waals surface area (Å²) < 4.78 is 20.0. The molecule has 10 heteroatoms. The van der Waals surface area contributed by atoms with Gasteiger partial charge in [0.15, 0.2) is 6.04 Å². The molecule has 0 unspecified atom stereocenters. The number of hydrogen-bond acceptors (Lipinski definition) is 9. The normalized spacial score (nSPS) is 27.9. The second kappa shape index (κ2) is 13.1. The number of allylic oxidation sites excluding steroid dienone is 1. The van der Waals surface area contributed by atoms with Crippen molar-refractivity contribution in [2.24, 2.45) is 5.41 Å². The van der Waals surface area contributed by atoms with Crippen LogP contribution in [0.3, 0.4) is 0 Å². The number of carbonyl (C=O) groups is 2. The molecule has 10 nitrogen and oxygen atoms in total. The average Bonchev–Trinajstić information content (AvgIpc) is 3.73. The lowest BCUT2D eigenvalue weighted by Gasteiger charge is -2.48. The maximum absolute atomic E-state index is 14.3. The molecule has 0 radical (unpaired) electrons. The van der Waals surface area contributed by atoms with Crippen molar-refractivity contribution in [3.05, 3.63) is 143 Å². The van der Waals surface area contributed by atoms with E-state index >= 15 is 0 Å². The number of amides is 1. The molecule has 1 saturated carbocycles. The van der Waals surface area contributed by atoms with Crippen molar-refractivity contribution in [3.63, 3.8) is 0 Å². The molecule has 4 aromatic carbocycles. The number of phenols is 1. The molecule has 3 heterocycles. The van der Waals surface area contributed by atoms with Gasteiger partial charge in [-0.1, -0.05) is 115 Å². The molecule has 3 aliphatic heterocycles. The summed E-state index contributed by atoms with van der Waals surface area (Å²) in [6.07, 6.45) is 1.44. The fourth-order valence-corrected chi connectivity index (χ4v) is 8.03. The molecule has 3 saturated heterocycles. The highest BCUT2D eigenvalue weighted by Crippen LogP contribution is 2.59. The fraction of sp³-hybridized carbons (Fsp3) is 0.300. The number of aliphatic hydroxyl groups excluding tert-OH is 1. The number of fused-ring (bicyclic) bond motifs is 4. The summed E-state index contributed by atoms with van der Waals surface area (Å²) in [5.74, 6) is -2.09. The van der Waals surface area contributed by atoms with Gasteiger partial charge in [0.1, 0.15) is 35.6 Å². The molecule has 6 atom stereocenters. The molecule has 1 amide bonds. The van der Waals surface area contributed by atoms with Gasteiger partial charge >= 0.3 is 5.97 Å². The SMILES string of the molecule is O=C1O[C@@H]2C[C@@]3(C(=O)NCCO)[C@H](ON(Cc4ccccc4C=CCc4ccccc4O)[C@@H]13)[C@H]1OC(c3ccccc3)(c3ccccc3)O[C@H]12. The zero-order chi connectivity index (χ0) is 34.3. The second-order valence-corrected chi connectivity index (χ2v) is 13.2. The number of hydroxylamine groups is 2. The first kappa shape index (κ1) is 32.4.